The SMILES string of the molecule is COCC1(C(=O)N2CCCC(N(C)c3nc(C)nc(-n4cccn4)c3C)C2)CC1. The van der Waals surface area contributed by atoms with Crippen LogP contribution in [0.1, 0.15) is 37.1 Å². The molecule has 2 fully saturated rings. The van der Waals surface area contributed by atoms with E-state index < -0.39 is 0 Å². The number of piperidine rings is 1. The van der Waals surface area contributed by atoms with Crippen LogP contribution in [0.5, 0.6) is 0 Å². The molecule has 8 heteroatoms. The molecule has 2 aromatic rings. The molecule has 0 radical (unpaired) electrons. The van der Waals surface area contributed by atoms with Gasteiger partial charge in [0.05, 0.1) is 12.0 Å². The second-order valence-corrected chi connectivity index (χ2v) is 8.37. The van der Waals surface area contributed by atoms with Crippen molar-refractivity contribution in [3.63, 3.8) is 0 Å². The molecule has 1 atom stereocenters. The van der Waals surface area contributed by atoms with Crippen LogP contribution < -0.4 is 4.90 Å². The van der Waals surface area contributed by atoms with Crippen molar-refractivity contribution in [2.75, 3.05) is 38.8 Å². The van der Waals surface area contributed by atoms with Crippen molar-refractivity contribution in [1.29, 1.82) is 0 Å². The Morgan fingerprint density at radius 3 is 2.79 bits per heavy atom. The van der Waals surface area contributed by atoms with Gasteiger partial charge in [-0.15, -0.1) is 0 Å². The molecule has 1 saturated carbocycles. The largest absolute Gasteiger partial charge is 0.384 e. The normalized spacial score (nSPS) is 20.6. The third kappa shape index (κ3) is 3.73. The topological polar surface area (TPSA) is 76.4 Å². The number of carbonyl (C=O) groups excluding carboxylic acids is 1. The summed E-state index contributed by atoms with van der Waals surface area (Å²) in [5, 5.41) is 4.33. The number of rotatable bonds is 6. The summed E-state index contributed by atoms with van der Waals surface area (Å²) in [6, 6.07) is 2.11. The fourth-order valence-electron chi connectivity index (χ4n) is 4.37. The standard InChI is InChI=1S/C21H30N6O2/c1-15-18(23-16(2)24-19(15)27-12-6-10-22-27)25(3)17-7-5-11-26(13-17)20(28)21(8-9-21)14-29-4/h6,10,12,17H,5,7-9,11,13-14H2,1-4H3. The lowest BCUT2D eigenvalue weighted by molar-refractivity contribution is -0.140. The Morgan fingerprint density at radius 1 is 1.34 bits per heavy atom. The van der Waals surface area contributed by atoms with E-state index in [4.69, 9.17) is 9.72 Å². The molecule has 0 aromatic carbocycles. The van der Waals surface area contributed by atoms with Crippen LogP contribution in [-0.2, 0) is 9.53 Å². The van der Waals surface area contributed by atoms with Crippen LogP contribution >= 0.6 is 0 Å². The van der Waals surface area contributed by atoms with E-state index in [0.717, 1.165) is 56.0 Å². The maximum absolute atomic E-state index is 13.1. The predicted molar refractivity (Wildman–Crippen MR) is 110 cm³/mol. The van der Waals surface area contributed by atoms with E-state index in [1.54, 1.807) is 18.0 Å². The maximum Gasteiger partial charge on any atom is 0.231 e. The van der Waals surface area contributed by atoms with Crippen molar-refractivity contribution in [3.05, 3.63) is 29.8 Å². The van der Waals surface area contributed by atoms with Crippen molar-refractivity contribution in [2.24, 2.45) is 5.41 Å². The molecule has 1 aliphatic heterocycles. The minimum absolute atomic E-state index is 0.226. The summed E-state index contributed by atoms with van der Waals surface area (Å²) in [5.74, 6) is 2.67. The van der Waals surface area contributed by atoms with Gasteiger partial charge in [-0.2, -0.15) is 5.10 Å². The van der Waals surface area contributed by atoms with Gasteiger partial charge in [0.1, 0.15) is 11.6 Å². The average Bonchev–Trinajstić information content (AvgIpc) is 3.30. The molecule has 3 heterocycles. The Labute approximate surface area is 171 Å². The van der Waals surface area contributed by atoms with Crippen LogP contribution in [0, 0.1) is 19.3 Å². The number of methoxy groups -OCH3 is 1. The fourth-order valence-corrected chi connectivity index (χ4v) is 4.37. The van der Waals surface area contributed by atoms with E-state index in [0.29, 0.717) is 12.4 Å². The summed E-state index contributed by atoms with van der Waals surface area (Å²) in [7, 11) is 3.75. The van der Waals surface area contributed by atoms with E-state index in [9.17, 15) is 4.79 Å². The van der Waals surface area contributed by atoms with Crippen LogP contribution in [0.15, 0.2) is 18.5 Å². The minimum atomic E-state index is -0.274. The second-order valence-electron chi connectivity index (χ2n) is 8.37. The lowest BCUT2D eigenvalue weighted by Gasteiger charge is -2.40. The zero-order valence-electron chi connectivity index (χ0n) is 17.8. The molecule has 8 nitrogen and oxygen atoms in total. The first-order valence-electron chi connectivity index (χ1n) is 10.3. The van der Waals surface area contributed by atoms with E-state index in [2.05, 4.69) is 22.0 Å². The Hall–Kier alpha value is -2.48. The molecule has 2 aliphatic rings. The molecule has 0 N–H and O–H groups in total. The minimum Gasteiger partial charge on any atom is -0.384 e. The van der Waals surface area contributed by atoms with Crippen LogP contribution in [0.25, 0.3) is 5.82 Å². The summed E-state index contributed by atoms with van der Waals surface area (Å²) in [6.07, 6.45) is 7.56. The Balaban J connectivity index is 1.55. The molecule has 0 bridgehead atoms. The monoisotopic (exact) mass is 398 g/mol. The Bertz CT molecular complexity index is 878. The number of amides is 1. The van der Waals surface area contributed by atoms with Gasteiger partial charge in [-0.3, -0.25) is 4.79 Å². The number of nitrogens with zero attached hydrogens (tertiary/aromatic N) is 6. The molecule has 2 aromatic heterocycles. The highest BCUT2D eigenvalue weighted by atomic mass is 16.5. The van der Waals surface area contributed by atoms with Crippen molar-refractivity contribution >= 4 is 11.7 Å². The molecular weight excluding hydrogens is 368 g/mol. The van der Waals surface area contributed by atoms with Gasteiger partial charge in [0.2, 0.25) is 5.91 Å². The molecule has 4 rings (SSSR count). The summed E-state index contributed by atoms with van der Waals surface area (Å²) < 4.78 is 7.10. The molecule has 29 heavy (non-hydrogen) atoms. The number of aromatic nitrogens is 4. The van der Waals surface area contributed by atoms with Gasteiger partial charge in [0, 0.05) is 51.2 Å². The van der Waals surface area contributed by atoms with Crippen molar-refractivity contribution < 1.29 is 9.53 Å². The third-order valence-corrected chi connectivity index (χ3v) is 6.22. The smallest absolute Gasteiger partial charge is 0.231 e. The number of ether oxygens (including phenoxy) is 1. The summed E-state index contributed by atoms with van der Waals surface area (Å²) >= 11 is 0. The van der Waals surface area contributed by atoms with Crippen LogP contribution in [-0.4, -0.2) is 70.5 Å². The number of likely N-dealkylation sites (N-methyl/N-ethyl adjacent to an activating group) is 1. The first-order chi connectivity index (χ1) is 13.9. The molecule has 0 spiro atoms. The van der Waals surface area contributed by atoms with Crippen molar-refractivity contribution in [3.8, 4) is 5.82 Å². The zero-order chi connectivity index (χ0) is 20.6. The number of hydrogen-bond acceptors (Lipinski definition) is 6. The predicted octanol–water partition coefficient (Wildman–Crippen LogP) is 2.13. The molecule has 156 valence electrons. The lowest BCUT2D eigenvalue weighted by Crippen LogP contribution is -2.51. The van der Waals surface area contributed by atoms with Gasteiger partial charge in [0.25, 0.3) is 0 Å². The third-order valence-electron chi connectivity index (χ3n) is 6.22. The van der Waals surface area contributed by atoms with E-state index in [-0.39, 0.29) is 17.4 Å². The van der Waals surface area contributed by atoms with Crippen LogP contribution in [0.3, 0.4) is 0 Å². The highest BCUT2D eigenvalue weighted by Gasteiger charge is 2.52. The highest BCUT2D eigenvalue weighted by molar-refractivity contribution is 5.85. The van der Waals surface area contributed by atoms with E-state index >= 15 is 0 Å². The first-order valence-corrected chi connectivity index (χ1v) is 10.3. The number of carbonyl (C=O) groups is 1. The summed E-state index contributed by atoms with van der Waals surface area (Å²) in [5.41, 5.74) is 0.715. The number of anilines is 1. The molecular formula is C21H30N6O2. The Morgan fingerprint density at radius 2 is 2.14 bits per heavy atom. The van der Waals surface area contributed by atoms with Crippen LogP contribution in [0.2, 0.25) is 0 Å². The fraction of sp³-hybridized carbons (Fsp3) is 0.619. The summed E-state index contributed by atoms with van der Waals surface area (Å²) in [6.45, 7) is 6.02. The molecule has 1 unspecified atom stereocenters. The van der Waals surface area contributed by atoms with Gasteiger partial charge < -0.3 is 14.5 Å². The lowest BCUT2D eigenvalue weighted by atomic mass is 10.00. The van der Waals surface area contributed by atoms with Gasteiger partial charge in [-0.1, -0.05) is 0 Å². The highest BCUT2D eigenvalue weighted by Crippen LogP contribution is 2.47. The van der Waals surface area contributed by atoms with Crippen molar-refractivity contribution in [1.82, 2.24) is 24.6 Å². The molecule has 1 amide bonds. The Kier molecular flexibility index (Phi) is 5.29. The quantitative estimate of drug-likeness (QED) is 0.742. The van der Waals surface area contributed by atoms with Crippen LogP contribution in [0.4, 0.5) is 5.82 Å². The van der Waals surface area contributed by atoms with Gasteiger partial charge >= 0.3 is 0 Å². The van der Waals surface area contributed by atoms with E-state index in [1.165, 1.54) is 0 Å². The molecule has 1 aliphatic carbocycles. The number of likely N-dealkylation sites (tertiary alicyclic amines) is 1. The number of aryl methyl sites for hydroxylation is 1. The number of hydrogen-bond donors (Lipinski definition) is 0. The first kappa shape index (κ1) is 19.8. The van der Waals surface area contributed by atoms with Crippen molar-refractivity contribution in [2.45, 2.75) is 45.6 Å². The zero-order valence-corrected chi connectivity index (χ0v) is 17.8. The van der Waals surface area contributed by atoms with E-state index in [1.807, 2.05) is 31.0 Å². The van der Waals surface area contributed by atoms with Gasteiger partial charge in [-0.25, -0.2) is 14.6 Å². The maximum atomic E-state index is 13.1. The second kappa shape index (κ2) is 7.74. The molecule has 1 saturated heterocycles. The average molecular weight is 399 g/mol. The van der Waals surface area contributed by atoms with Gasteiger partial charge in [0.15, 0.2) is 5.82 Å². The summed E-state index contributed by atoms with van der Waals surface area (Å²) in [4.78, 5) is 26.7. The van der Waals surface area contributed by atoms with Gasteiger partial charge in [-0.05, 0) is 45.6 Å².